The zero-order chi connectivity index (χ0) is 24.1. The maximum Gasteiger partial charge on any atom is 0.573 e. The summed E-state index contributed by atoms with van der Waals surface area (Å²) in [6.45, 7) is -0.514. The number of hydrogen-bond acceptors (Lipinski definition) is 5. The summed E-state index contributed by atoms with van der Waals surface area (Å²) >= 11 is 0. The van der Waals surface area contributed by atoms with E-state index in [-0.39, 0.29) is 22.6 Å². The standard InChI is InChI=1S/C22H17F4NO5S/c23-20-12-18(32-22(24,25)26)11-10-17(20)14-31-21(28)16-8-6-15(7-9-16)13-27-33(29,30)19-4-2-1-3-5-19/h1-12,27H,13-14H2. The number of halogens is 4. The minimum absolute atomic E-state index is 0.00981. The number of sulfonamides is 1. The van der Waals surface area contributed by atoms with Gasteiger partial charge in [-0.25, -0.2) is 22.3 Å². The summed E-state index contributed by atoms with van der Waals surface area (Å²) in [4.78, 5) is 12.3. The molecule has 0 aliphatic rings. The minimum Gasteiger partial charge on any atom is -0.457 e. The van der Waals surface area contributed by atoms with Crippen LogP contribution in [0, 0.1) is 5.82 Å². The predicted molar refractivity (Wildman–Crippen MR) is 109 cm³/mol. The molecule has 0 unspecified atom stereocenters. The molecule has 3 aromatic carbocycles. The Labute approximate surface area is 186 Å². The lowest BCUT2D eigenvalue weighted by atomic mass is 10.1. The Balaban J connectivity index is 1.55. The zero-order valence-corrected chi connectivity index (χ0v) is 17.6. The first kappa shape index (κ1) is 24.2. The monoisotopic (exact) mass is 483 g/mol. The summed E-state index contributed by atoms with van der Waals surface area (Å²) in [7, 11) is -3.69. The van der Waals surface area contributed by atoms with E-state index in [2.05, 4.69) is 9.46 Å². The third-order valence-electron chi connectivity index (χ3n) is 4.33. The van der Waals surface area contributed by atoms with E-state index in [9.17, 15) is 30.8 Å². The summed E-state index contributed by atoms with van der Waals surface area (Å²) in [5.41, 5.74) is 0.573. The highest BCUT2D eigenvalue weighted by Crippen LogP contribution is 2.25. The topological polar surface area (TPSA) is 81.7 Å². The highest BCUT2D eigenvalue weighted by molar-refractivity contribution is 7.89. The molecule has 0 radical (unpaired) electrons. The van der Waals surface area contributed by atoms with Gasteiger partial charge < -0.3 is 9.47 Å². The van der Waals surface area contributed by atoms with Crippen LogP contribution in [0.4, 0.5) is 17.6 Å². The Hall–Kier alpha value is -3.44. The minimum atomic E-state index is -4.95. The number of benzene rings is 3. The molecule has 0 bridgehead atoms. The Morgan fingerprint density at radius 3 is 2.21 bits per heavy atom. The number of ether oxygens (including phenoxy) is 2. The molecule has 0 amide bonds. The Morgan fingerprint density at radius 2 is 1.61 bits per heavy atom. The molecule has 0 spiro atoms. The summed E-state index contributed by atoms with van der Waals surface area (Å²) < 4.78 is 86.0. The SMILES string of the molecule is O=C(OCc1ccc(OC(F)(F)F)cc1F)c1ccc(CNS(=O)(=O)c2ccccc2)cc1. The van der Waals surface area contributed by atoms with Gasteiger partial charge in [0.25, 0.3) is 0 Å². The number of nitrogens with one attached hydrogen (secondary N) is 1. The van der Waals surface area contributed by atoms with Gasteiger partial charge in [-0.15, -0.1) is 13.2 Å². The van der Waals surface area contributed by atoms with Crippen LogP contribution in [-0.4, -0.2) is 20.7 Å². The third-order valence-corrected chi connectivity index (χ3v) is 5.74. The number of esters is 1. The van der Waals surface area contributed by atoms with E-state index in [4.69, 9.17) is 4.74 Å². The van der Waals surface area contributed by atoms with E-state index in [1.54, 1.807) is 18.2 Å². The molecule has 0 saturated heterocycles. The highest BCUT2D eigenvalue weighted by atomic mass is 32.2. The number of rotatable bonds is 8. The first-order valence-electron chi connectivity index (χ1n) is 9.38. The van der Waals surface area contributed by atoms with Crippen LogP contribution in [0.2, 0.25) is 0 Å². The van der Waals surface area contributed by atoms with Gasteiger partial charge >= 0.3 is 12.3 Å². The van der Waals surface area contributed by atoms with Gasteiger partial charge in [0.05, 0.1) is 10.5 Å². The summed E-state index contributed by atoms with van der Waals surface area (Å²) in [6.07, 6.45) is -4.95. The molecule has 0 aliphatic heterocycles. The van der Waals surface area contributed by atoms with Crippen LogP contribution in [0.3, 0.4) is 0 Å². The van der Waals surface area contributed by atoms with Crippen LogP contribution < -0.4 is 9.46 Å². The first-order chi connectivity index (χ1) is 15.5. The van der Waals surface area contributed by atoms with E-state index in [1.165, 1.54) is 36.4 Å². The van der Waals surface area contributed by atoms with Gasteiger partial charge in [-0.05, 0) is 42.0 Å². The summed E-state index contributed by atoms with van der Waals surface area (Å²) in [6, 6.07) is 16.2. The van der Waals surface area contributed by atoms with Crippen LogP contribution in [0.25, 0.3) is 0 Å². The van der Waals surface area contributed by atoms with Crippen molar-refractivity contribution in [1.29, 1.82) is 0 Å². The molecular weight excluding hydrogens is 466 g/mol. The molecule has 0 saturated carbocycles. The van der Waals surface area contributed by atoms with E-state index in [0.717, 1.165) is 12.1 Å². The van der Waals surface area contributed by atoms with Gasteiger partial charge in [0, 0.05) is 18.2 Å². The van der Waals surface area contributed by atoms with Gasteiger partial charge in [0.2, 0.25) is 10.0 Å². The lowest BCUT2D eigenvalue weighted by Crippen LogP contribution is -2.23. The smallest absolute Gasteiger partial charge is 0.457 e. The van der Waals surface area contributed by atoms with Crippen LogP contribution in [0.1, 0.15) is 21.5 Å². The van der Waals surface area contributed by atoms with Crippen LogP contribution in [0.15, 0.2) is 77.7 Å². The van der Waals surface area contributed by atoms with Crippen molar-refractivity contribution in [3.63, 3.8) is 0 Å². The van der Waals surface area contributed by atoms with Gasteiger partial charge in [0.15, 0.2) is 0 Å². The molecule has 0 fully saturated rings. The normalized spacial score (nSPS) is 11.8. The van der Waals surface area contributed by atoms with Gasteiger partial charge in [-0.2, -0.15) is 0 Å². The second kappa shape index (κ2) is 10.0. The van der Waals surface area contributed by atoms with Crippen molar-refractivity contribution in [3.8, 4) is 5.75 Å². The quantitative estimate of drug-likeness (QED) is 0.375. The Bertz CT molecular complexity index is 1210. The zero-order valence-electron chi connectivity index (χ0n) is 16.8. The summed E-state index contributed by atoms with van der Waals surface area (Å²) in [5.74, 6) is -2.54. The Kier molecular flexibility index (Phi) is 7.34. The summed E-state index contributed by atoms with van der Waals surface area (Å²) in [5, 5.41) is 0. The number of hydrogen-bond donors (Lipinski definition) is 1. The largest absolute Gasteiger partial charge is 0.573 e. The molecule has 1 N–H and O–H groups in total. The number of alkyl halides is 3. The maximum atomic E-state index is 13.9. The Morgan fingerprint density at radius 1 is 0.939 bits per heavy atom. The molecule has 3 rings (SSSR count). The average Bonchev–Trinajstić information content (AvgIpc) is 2.77. The van der Waals surface area contributed by atoms with Crippen molar-refractivity contribution in [2.45, 2.75) is 24.4 Å². The molecule has 0 atom stereocenters. The number of carbonyl (C=O) groups excluding carboxylic acids is 1. The molecule has 33 heavy (non-hydrogen) atoms. The fourth-order valence-electron chi connectivity index (χ4n) is 2.69. The van der Waals surface area contributed by atoms with Crippen molar-refractivity contribution in [2.75, 3.05) is 0 Å². The second-order valence-corrected chi connectivity index (χ2v) is 8.48. The fourth-order valence-corrected chi connectivity index (χ4v) is 3.73. The molecule has 0 aliphatic carbocycles. The van der Waals surface area contributed by atoms with E-state index < -0.39 is 40.5 Å². The number of carbonyl (C=O) groups is 1. The molecular formula is C22H17F4NO5S. The van der Waals surface area contributed by atoms with Crippen LogP contribution in [0.5, 0.6) is 5.75 Å². The molecule has 0 aromatic heterocycles. The lowest BCUT2D eigenvalue weighted by Gasteiger charge is -2.11. The molecule has 0 heterocycles. The van der Waals surface area contributed by atoms with Crippen molar-refractivity contribution in [2.24, 2.45) is 0 Å². The highest BCUT2D eigenvalue weighted by Gasteiger charge is 2.31. The maximum absolute atomic E-state index is 13.9. The fraction of sp³-hybridized carbons (Fsp3) is 0.136. The first-order valence-corrected chi connectivity index (χ1v) is 10.9. The predicted octanol–water partition coefficient (Wildman–Crippen LogP) is 4.56. The van der Waals surface area contributed by atoms with Crippen LogP contribution >= 0.6 is 0 Å². The van der Waals surface area contributed by atoms with Crippen molar-refractivity contribution < 1.29 is 40.2 Å². The van der Waals surface area contributed by atoms with E-state index in [1.807, 2.05) is 0 Å². The van der Waals surface area contributed by atoms with Gasteiger partial charge in [-0.1, -0.05) is 30.3 Å². The molecule has 11 heteroatoms. The second-order valence-electron chi connectivity index (χ2n) is 6.71. The van der Waals surface area contributed by atoms with E-state index >= 15 is 0 Å². The lowest BCUT2D eigenvalue weighted by molar-refractivity contribution is -0.274. The van der Waals surface area contributed by atoms with Crippen molar-refractivity contribution >= 4 is 16.0 Å². The molecule has 174 valence electrons. The van der Waals surface area contributed by atoms with E-state index in [0.29, 0.717) is 11.6 Å². The molecule has 3 aromatic rings. The van der Waals surface area contributed by atoms with Crippen molar-refractivity contribution in [3.05, 3.63) is 95.3 Å². The van der Waals surface area contributed by atoms with Gasteiger partial charge in [-0.3, -0.25) is 0 Å². The van der Waals surface area contributed by atoms with Gasteiger partial charge in [0.1, 0.15) is 18.2 Å². The van der Waals surface area contributed by atoms with Crippen LogP contribution in [-0.2, 0) is 27.9 Å². The molecule has 6 nitrogen and oxygen atoms in total. The van der Waals surface area contributed by atoms with Crippen molar-refractivity contribution in [1.82, 2.24) is 4.72 Å². The average molecular weight is 483 g/mol. The third kappa shape index (κ3) is 7.02.